The maximum Gasteiger partial charge on any atom is 0.227 e. The minimum absolute atomic E-state index is 0.137. The van der Waals surface area contributed by atoms with Gasteiger partial charge in [0.25, 0.3) is 0 Å². The lowest BCUT2D eigenvalue weighted by Gasteiger charge is -2.19. The van der Waals surface area contributed by atoms with Gasteiger partial charge in [-0.05, 0) is 31.4 Å². The van der Waals surface area contributed by atoms with Gasteiger partial charge in [-0.15, -0.1) is 0 Å². The highest BCUT2D eigenvalue weighted by Crippen LogP contribution is 2.19. The minimum Gasteiger partial charge on any atom is -0.343 e. The zero-order valence-electron chi connectivity index (χ0n) is 13.9. The summed E-state index contributed by atoms with van der Waals surface area (Å²) in [6.07, 6.45) is 5.33. The summed E-state index contributed by atoms with van der Waals surface area (Å²) in [7, 11) is 0. The van der Waals surface area contributed by atoms with Crippen LogP contribution >= 0.6 is 0 Å². The summed E-state index contributed by atoms with van der Waals surface area (Å²) in [4.78, 5) is 18.5. The first-order valence-electron chi connectivity index (χ1n) is 8.50. The molecule has 1 saturated heterocycles. The molecular formula is C18H22FN3O2. The van der Waals surface area contributed by atoms with Crippen LogP contribution in [0.5, 0.6) is 0 Å². The van der Waals surface area contributed by atoms with Crippen molar-refractivity contribution in [1.82, 2.24) is 15.0 Å². The van der Waals surface area contributed by atoms with E-state index in [0.29, 0.717) is 35.7 Å². The number of hydrogen-bond donors (Lipinski definition) is 0. The average Bonchev–Trinajstić information content (AvgIpc) is 2.88. The van der Waals surface area contributed by atoms with E-state index in [-0.39, 0.29) is 11.7 Å². The summed E-state index contributed by atoms with van der Waals surface area (Å²) in [6.45, 7) is 3.39. The largest absolute Gasteiger partial charge is 0.343 e. The first kappa shape index (κ1) is 16.6. The Morgan fingerprint density at radius 3 is 2.71 bits per heavy atom. The molecule has 3 rings (SSSR count). The molecule has 2 aromatic rings. The normalized spacial score (nSPS) is 15.3. The lowest BCUT2D eigenvalue weighted by atomic mass is 10.1. The minimum atomic E-state index is -0.296. The monoisotopic (exact) mass is 331 g/mol. The van der Waals surface area contributed by atoms with Crippen molar-refractivity contribution in [1.29, 1.82) is 0 Å². The Morgan fingerprint density at radius 2 is 2.00 bits per heavy atom. The van der Waals surface area contributed by atoms with Crippen LogP contribution in [0, 0.1) is 12.7 Å². The van der Waals surface area contributed by atoms with Gasteiger partial charge in [0, 0.05) is 31.5 Å². The van der Waals surface area contributed by atoms with Crippen LogP contribution in [0.4, 0.5) is 4.39 Å². The first-order chi connectivity index (χ1) is 11.6. The Labute approximate surface area is 140 Å². The van der Waals surface area contributed by atoms with Gasteiger partial charge in [0.05, 0.1) is 0 Å². The predicted molar refractivity (Wildman–Crippen MR) is 87.8 cm³/mol. The molecular weight excluding hydrogens is 309 g/mol. The molecule has 0 saturated carbocycles. The van der Waals surface area contributed by atoms with E-state index in [2.05, 4.69) is 10.1 Å². The molecule has 2 heterocycles. The Morgan fingerprint density at radius 1 is 1.25 bits per heavy atom. The highest BCUT2D eigenvalue weighted by molar-refractivity contribution is 5.76. The molecule has 0 spiro atoms. The number of carbonyl (C=O) groups is 1. The van der Waals surface area contributed by atoms with Gasteiger partial charge in [-0.2, -0.15) is 4.98 Å². The molecule has 0 atom stereocenters. The highest BCUT2D eigenvalue weighted by Gasteiger charge is 2.17. The van der Waals surface area contributed by atoms with Crippen LogP contribution in [0.15, 0.2) is 22.7 Å². The van der Waals surface area contributed by atoms with Crippen LogP contribution < -0.4 is 0 Å². The van der Waals surface area contributed by atoms with E-state index >= 15 is 0 Å². The number of hydrogen-bond acceptors (Lipinski definition) is 4. The summed E-state index contributed by atoms with van der Waals surface area (Å²) in [5, 5.41) is 3.88. The Hall–Kier alpha value is -2.24. The molecule has 0 bridgehead atoms. The topological polar surface area (TPSA) is 59.2 Å². The summed E-state index contributed by atoms with van der Waals surface area (Å²) in [5.74, 6) is 0.605. The van der Waals surface area contributed by atoms with Crippen molar-refractivity contribution < 1.29 is 13.7 Å². The van der Waals surface area contributed by atoms with E-state index < -0.39 is 0 Å². The molecule has 1 fully saturated rings. The summed E-state index contributed by atoms with van der Waals surface area (Å²) >= 11 is 0. The lowest BCUT2D eigenvalue weighted by Crippen LogP contribution is -2.31. The fourth-order valence-electron chi connectivity index (χ4n) is 2.90. The van der Waals surface area contributed by atoms with Crippen LogP contribution in [0.2, 0.25) is 0 Å². The van der Waals surface area contributed by atoms with Crippen molar-refractivity contribution in [3.63, 3.8) is 0 Å². The van der Waals surface area contributed by atoms with Gasteiger partial charge < -0.3 is 9.42 Å². The van der Waals surface area contributed by atoms with Crippen molar-refractivity contribution in [3.8, 4) is 11.4 Å². The van der Waals surface area contributed by atoms with Crippen molar-refractivity contribution >= 4 is 5.91 Å². The predicted octanol–water partition coefficient (Wildman–Crippen LogP) is 3.52. The number of aromatic nitrogens is 2. The van der Waals surface area contributed by atoms with Crippen LogP contribution in [-0.4, -0.2) is 34.0 Å². The number of carbonyl (C=O) groups excluding carboxylic acids is 1. The van der Waals surface area contributed by atoms with Gasteiger partial charge in [0.1, 0.15) is 5.82 Å². The maximum atomic E-state index is 13.6. The summed E-state index contributed by atoms with van der Waals surface area (Å²) in [6, 6.07) is 4.84. The van der Waals surface area contributed by atoms with Gasteiger partial charge in [-0.25, -0.2) is 4.39 Å². The second-order valence-corrected chi connectivity index (χ2v) is 6.27. The summed E-state index contributed by atoms with van der Waals surface area (Å²) < 4.78 is 18.8. The van der Waals surface area contributed by atoms with Gasteiger partial charge in [0.2, 0.25) is 17.6 Å². The van der Waals surface area contributed by atoms with Gasteiger partial charge in [-0.1, -0.05) is 30.1 Å². The Balaban J connectivity index is 1.59. The van der Waals surface area contributed by atoms with Crippen LogP contribution in [0.1, 0.15) is 43.6 Å². The number of likely N-dealkylation sites (tertiary alicyclic amines) is 1. The molecule has 1 amide bonds. The van der Waals surface area contributed by atoms with Gasteiger partial charge in [-0.3, -0.25) is 4.79 Å². The number of amides is 1. The van der Waals surface area contributed by atoms with Crippen molar-refractivity contribution in [2.75, 3.05) is 13.1 Å². The molecule has 0 N–H and O–H groups in total. The number of nitrogens with zero attached hydrogens (tertiary/aromatic N) is 3. The molecule has 0 aliphatic carbocycles. The SMILES string of the molecule is Cc1ccc(-c2noc(CCC(=O)N3CCCCCC3)n2)cc1F. The molecule has 6 heteroatoms. The Bertz CT molecular complexity index is 706. The van der Waals surface area contributed by atoms with E-state index in [4.69, 9.17) is 4.52 Å². The number of rotatable bonds is 4. The van der Waals surface area contributed by atoms with E-state index in [1.165, 1.54) is 18.9 Å². The first-order valence-corrected chi connectivity index (χ1v) is 8.50. The molecule has 1 aromatic carbocycles. The molecule has 0 radical (unpaired) electrons. The van der Waals surface area contributed by atoms with Crippen molar-refractivity contribution in [2.45, 2.75) is 45.4 Å². The van der Waals surface area contributed by atoms with E-state index in [9.17, 15) is 9.18 Å². The second-order valence-electron chi connectivity index (χ2n) is 6.27. The highest BCUT2D eigenvalue weighted by atomic mass is 19.1. The zero-order valence-corrected chi connectivity index (χ0v) is 13.9. The van der Waals surface area contributed by atoms with Gasteiger partial charge in [0.15, 0.2) is 0 Å². The van der Waals surface area contributed by atoms with Gasteiger partial charge >= 0.3 is 0 Å². The van der Waals surface area contributed by atoms with Crippen LogP contribution in [-0.2, 0) is 11.2 Å². The fraction of sp³-hybridized carbons (Fsp3) is 0.500. The number of halogens is 1. The number of benzene rings is 1. The maximum absolute atomic E-state index is 13.6. The van der Waals surface area contributed by atoms with Crippen LogP contribution in [0.3, 0.4) is 0 Å². The zero-order chi connectivity index (χ0) is 16.9. The number of aryl methyl sites for hydroxylation is 2. The fourth-order valence-corrected chi connectivity index (χ4v) is 2.90. The lowest BCUT2D eigenvalue weighted by molar-refractivity contribution is -0.131. The molecule has 1 aromatic heterocycles. The molecule has 128 valence electrons. The Kier molecular flexibility index (Phi) is 5.23. The van der Waals surface area contributed by atoms with Crippen molar-refractivity contribution in [2.24, 2.45) is 0 Å². The smallest absolute Gasteiger partial charge is 0.227 e. The molecule has 0 unspecified atom stereocenters. The quantitative estimate of drug-likeness (QED) is 0.860. The van der Waals surface area contributed by atoms with E-state index in [1.54, 1.807) is 19.1 Å². The van der Waals surface area contributed by atoms with Crippen LogP contribution in [0.25, 0.3) is 11.4 Å². The van der Waals surface area contributed by atoms with E-state index in [0.717, 1.165) is 25.9 Å². The summed E-state index contributed by atoms with van der Waals surface area (Å²) in [5.41, 5.74) is 1.15. The molecule has 5 nitrogen and oxygen atoms in total. The third-order valence-corrected chi connectivity index (χ3v) is 4.41. The van der Waals surface area contributed by atoms with Crippen molar-refractivity contribution in [3.05, 3.63) is 35.5 Å². The third kappa shape index (κ3) is 3.99. The third-order valence-electron chi connectivity index (χ3n) is 4.41. The second kappa shape index (κ2) is 7.55. The van der Waals surface area contributed by atoms with E-state index in [1.807, 2.05) is 4.90 Å². The molecule has 1 aliphatic rings. The standard InChI is InChI=1S/C18H22FN3O2/c1-13-6-7-14(12-15(13)19)18-20-16(24-21-18)8-9-17(23)22-10-4-2-3-5-11-22/h6-7,12H,2-5,8-11H2,1H3. The molecule has 24 heavy (non-hydrogen) atoms. The average molecular weight is 331 g/mol. The molecule has 1 aliphatic heterocycles.